The molecule has 0 amide bonds. The topological polar surface area (TPSA) is 77.3 Å². The van der Waals surface area contributed by atoms with E-state index in [1.807, 2.05) is 60.7 Å². The van der Waals surface area contributed by atoms with Crippen LogP contribution in [0.4, 0.5) is 0 Å². The first-order valence-corrected chi connectivity index (χ1v) is 50.7. The van der Waals surface area contributed by atoms with Crippen molar-refractivity contribution in [3.8, 4) is 145 Å². The van der Waals surface area contributed by atoms with Crippen LogP contribution in [0.5, 0.6) is 0 Å². The van der Waals surface area contributed by atoms with Crippen LogP contribution in [-0.4, -0.2) is 29.9 Å². The lowest BCUT2D eigenvalue weighted by molar-refractivity contribution is 0.660. The molecule has 146 heavy (non-hydrogen) atoms. The Kier molecular flexibility index (Phi) is 20.5. The molecule has 688 valence electrons. The van der Waals surface area contributed by atoms with Crippen LogP contribution in [-0.2, 0) is 21.7 Å². The number of hydrogen-bond acceptors (Lipinski definition) is 6. The maximum Gasteiger partial charge on any atom is 0.0973 e. The van der Waals surface area contributed by atoms with E-state index >= 15 is 0 Å². The van der Waals surface area contributed by atoms with Crippen LogP contribution in [0.15, 0.2) is 485 Å². The molecule has 6 heteroatoms. The zero-order valence-corrected chi connectivity index (χ0v) is 81.9. The van der Waals surface area contributed by atoms with Gasteiger partial charge in [0.05, 0.1) is 72.7 Å². The van der Waals surface area contributed by atoms with Crippen LogP contribution in [0.2, 0.25) is 0 Å². The van der Waals surface area contributed by atoms with Crippen LogP contribution < -0.4 is 0 Å². The van der Waals surface area contributed by atoms with Gasteiger partial charge < -0.3 is 0 Å². The molecule has 0 N–H and O–H groups in total. The third kappa shape index (κ3) is 14.2. The molecule has 0 unspecified atom stereocenters. The van der Waals surface area contributed by atoms with Crippen LogP contribution in [0.1, 0.15) is 97.2 Å². The van der Waals surface area contributed by atoms with Crippen molar-refractivity contribution in [2.45, 2.75) is 63.2 Å². The number of benzene rings is 22. The van der Waals surface area contributed by atoms with E-state index in [1.165, 1.54) is 160 Å². The van der Waals surface area contributed by atoms with Gasteiger partial charge in [0, 0.05) is 55.0 Å². The van der Waals surface area contributed by atoms with E-state index in [9.17, 15) is 0 Å². The Morgan fingerprint density at radius 2 is 0.486 bits per heavy atom. The van der Waals surface area contributed by atoms with Crippen LogP contribution >= 0.6 is 0 Å². The number of para-hydroxylation sites is 4. The van der Waals surface area contributed by atoms with Crippen molar-refractivity contribution in [2.75, 3.05) is 0 Å². The second-order valence-corrected chi connectivity index (χ2v) is 41.0. The first-order valence-electron chi connectivity index (χ1n) is 50.7. The number of fused-ring (bicyclic) bond motifs is 22. The summed E-state index contributed by atoms with van der Waals surface area (Å²) in [6, 6.07) is 175. The Bertz CT molecular complexity index is 9580. The van der Waals surface area contributed by atoms with Crippen molar-refractivity contribution in [1.29, 1.82) is 0 Å². The monoisotopic (exact) mass is 1860 g/mol. The molecule has 0 saturated carbocycles. The summed E-state index contributed by atoms with van der Waals surface area (Å²) in [4.78, 5) is 31.2. The maximum atomic E-state index is 5.34. The van der Waals surface area contributed by atoms with Crippen molar-refractivity contribution in [3.63, 3.8) is 0 Å². The quantitative estimate of drug-likeness (QED) is 0.120. The summed E-state index contributed by atoms with van der Waals surface area (Å²) < 4.78 is 0. The summed E-state index contributed by atoms with van der Waals surface area (Å²) in [5.74, 6) is 0. The van der Waals surface area contributed by atoms with Crippen molar-refractivity contribution in [2.24, 2.45) is 0 Å². The van der Waals surface area contributed by atoms with Crippen molar-refractivity contribution >= 4 is 76.2 Å². The number of hydrogen-bond donors (Lipinski definition) is 0. The minimum Gasteiger partial charge on any atom is -0.244 e. The predicted molar refractivity (Wildman–Crippen MR) is 608 cm³/mol. The second kappa shape index (κ2) is 34.4. The highest BCUT2D eigenvalue weighted by Crippen LogP contribution is 2.59. The van der Waals surface area contributed by atoms with Gasteiger partial charge in [-0.25, -0.2) is 29.9 Å². The molecule has 0 saturated heterocycles. The lowest BCUT2D eigenvalue weighted by atomic mass is 9.67. The summed E-state index contributed by atoms with van der Waals surface area (Å²) in [7, 11) is 0. The van der Waals surface area contributed by atoms with Gasteiger partial charge in [-0.1, -0.05) is 454 Å². The Balaban J connectivity index is 0.000000110. The van der Waals surface area contributed by atoms with E-state index in [1.54, 1.807) is 0 Å². The fourth-order valence-corrected chi connectivity index (χ4v) is 24.3. The van der Waals surface area contributed by atoms with Gasteiger partial charge in [0.1, 0.15) is 0 Å². The molecule has 0 spiro atoms. The zero-order valence-electron chi connectivity index (χ0n) is 81.9. The van der Waals surface area contributed by atoms with E-state index in [-0.39, 0.29) is 16.2 Å². The molecule has 3 heterocycles. The van der Waals surface area contributed by atoms with Gasteiger partial charge in [0.25, 0.3) is 0 Å². The zero-order chi connectivity index (χ0) is 97.7. The van der Waals surface area contributed by atoms with Gasteiger partial charge in [-0.15, -0.1) is 0 Å². The highest BCUT2D eigenvalue weighted by atomic mass is 14.9. The first-order chi connectivity index (χ1) is 71.6. The van der Waals surface area contributed by atoms with Gasteiger partial charge in [-0.2, -0.15) is 0 Å². The van der Waals surface area contributed by atoms with Gasteiger partial charge in [-0.3, -0.25) is 0 Å². The van der Waals surface area contributed by atoms with Gasteiger partial charge >= 0.3 is 0 Å². The fraction of sp³-hybridized carbons (Fsp3) is 0.0714. The molecule has 0 bridgehead atoms. The second-order valence-electron chi connectivity index (χ2n) is 41.0. The lowest BCUT2D eigenvalue weighted by Crippen LogP contribution is -2.28. The lowest BCUT2D eigenvalue weighted by Gasteiger charge is -2.34. The maximum absolute atomic E-state index is 5.34. The van der Waals surface area contributed by atoms with Crippen LogP contribution in [0.25, 0.3) is 222 Å². The van der Waals surface area contributed by atoms with E-state index < -0.39 is 5.41 Å². The summed E-state index contributed by atoms with van der Waals surface area (Å²) in [6.07, 6.45) is 0. The molecule has 4 aliphatic rings. The summed E-state index contributed by atoms with van der Waals surface area (Å²) in [5, 5.41) is 9.89. The molecular formula is C140H98N6. The number of aromatic nitrogens is 6. The van der Waals surface area contributed by atoms with Crippen LogP contribution in [0, 0.1) is 0 Å². The van der Waals surface area contributed by atoms with E-state index in [4.69, 9.17) is 29.9 Å². The minimum atomic E-state index is -0.417. The smallest absolute Gasteiger partial charge is 0.0973 e. The first kappa shape index (κ1) is 87.0. The number of rotatable bonds is 11. The van der Waals surface area contributed by atoms with E-state index in [0.29, 0.717) is 0 Å². The molecule has 6 nitrogen and oxygen atoms in total. The third-order valence-corrected chi connectivity index (χ3v) is 31.6. The minimum absolute atomic E-state index is 0.000125. The SMILES string of the molecule is CC1(C)c2ccccc2-c2c1ccc1cc(-c3ccc(-c4nc5ccccc5nc4-c4ccccc4)cc3)ccc21.CC1(C)c2ccccc2-c2ccc(-c3nc4ccccc4nc3-c3ccc(-c4ccc5c6c(ccc5c4)C(C)(C)c4ccccc4-6)cc3)cc21.c1ccc(-c2nc3c(ccc4ccccc43)nc2-c2cccc(-c3ccc4cc5c(cc4c3)-c3ccccc3C5(c3ccccc3)c3ccccc3)c2)cc1. The summed E-state index contributed by atoms with van der Waals surface area (Å²) in [6.45, 7) is 14.0. The Hall–Kier alpha value is -18.1. The molecule has 0 aliphatic heterocycles. The molecular weight excluding hydrogens is 1770 g/mol. The van der Waals surface area contributed by atoms with E-state index in [2.05, 4.69) is 466 Å². The standard InChI is InChI=1S/C53H34N2.C48H36N2.C39H28N2/c1-4-16-36(17-5-1)50-51(54-49-30-29-35-15-10-11-24-44(35)52(49)55-50)40-19-14-18-37(31-40)38-27-28-39-34-48-46(33-41(39)32-38)45-25-12-13-26-47(45)53(48,42-20-6-2-7-21-42)43-22-8-3-9-23-43;1-47(2)39-14-8-6-12-37(39)44-34-24-21-31(27-32(34)23-26-40(44)47)29-17-19-30(20-18-29)45-46(50-43-16-10-9-15-42(43)49-45)33-22-25-36-35-11-5-7-13-38(35)48(3,4)41(36)28-33;1-39(2)32-13-7-6-12-31(32)36-30-22-20-28(24-29(30)21-23-33(36)39)25-16-18-27(19-17-25)38-37(26-10-4-3-5-11-26)40-34-14-8-9-15-35(34)41-38/h1-34H;5-28H,1-4H3;3-24H,1-2H3. The van der Waals surface area contributed by atoms with Gasteiger partial charge in [0.2, 0.25) is 0 Å². The molecule has 4 aliphatic carbocycles. The van der Waals surface area contributed by atoms with Crippen molar-refractivity contribution < 1.29 is 0 Å². The summed E-state index contributed by atoms with van der Waals surface area (Å²) in [5.41, 5.74) is 48.0. The molecule has 0 atom stereocenters. The predicted octanol–water partition coefficient (Wildman–Crippen LogP) is 35.8. The molecule has 3 aromatic heterocycles. The fourth-order valence-electron chi connectivity index (χ4n) is 24.3. The van der Waals surface area contributed by atoms with Gasteiger partial charge in [-0.05, 0) is 244 Å². The Morgan fingerprint density at radius 1 is 0.151 bits per heavy atom. The highest BCUT2D eigenvalue weighted by Gasteiger charge is 2.47. The summed E-state index contributed by atoms with van der Waals surface area (Å²) >= 11 is 0. The Labute approximate surface area is 849 Å². The molecule has 29 rings (SSSR count). The largest absolute Gasteiger partial charge is 0.244 e. The third-order valence-electron chi connectivity index (χ3n) is 31.6. The molecule has 0 fully saturated rings. The molecule has 25 aromatic rings. The van der Waals surface area contributed by atoms with Crippen molar-refractivity contribution in [1.82, 2.24) is 29.9 Å². The normalized spacial score (nSPS) is 13.6. The van der Waals surface area contributed by atoms with E-state index in [0.717, 1.165) is 117 Å². The van der Waals surface area contributed by atoms with Crippen molar-refractivity contribution in [3.05, 3.63) is 541 Å². The number of nitrogens with zero attached hydrogens (tertiary/aromatic N) is 6. The molecule has 0 radical (unpaired) electrons. The average Bonchev–Trinajstić information content (AvgIpc) is 1.53. The van der Waals surface area contributed by atoms with Crippen LogP contribution in [0.3, 0.4) is 0 Å². The average molecular weight is 1860 g/mol. The molecule has 22 aromatic carbocycles. The highest BCUT2D eigenvalue weighted by molar-refractivity contribution is 6.09. The van der Waals surface area contributed by atoms with Gasteiger partial charge in [0.15, 0.2) is 0 Å². The Morgan fingerprint density at radius 3 is 1.01 bits per heavy atom.